The Kier molecular flexibility index (Phi) is 2.86. The number of aryl methyl sites for hydroxylation is 1. The topological polar surface area (TPSA) is 24.4 Å². The molecule has 0 saturated carbocycles. The first-order valence-electron chi connectivity index (χ1n) is 4.02. The van der Waals surface area contributed by atoms with Gasteiger partial charge in [-0.15, -0.1) is 0 Å². The van der Waals surface area contributed by atoms with E-state index in [1.165, 1.54) is 5.56 Å². The van der Waals surface area contributed by atoms with E-state index in [-0.39, 0.29) is 0 Å². The number of nitrogens with zero attached hydrogens (tertiary/aromatic N) is 1. The van der Waals surface area contributed by atoms with E-state index in [2.05, 4.69) is 29.6 Å². The van der Waals surface area contributed by atoms with Crippen molar-refractivity contribution in [2.24, 2.45) is 5.10 Å². The number of anilines is 1. The average molecular weight is 162 g/mol. The van der Waals surface area contributed by atoms with E-state index in [9.17, 15) is 0 Å². The Hall–Kier alpha value is -1.31. The van der Waals surface area contributed by atoms with Gasteiger partial charge in [0.2, 0.25) is 0 Å². The van der Waals surface area contributed by atoms with E-state index >= 15 is 0 Å². The molecule has 1 aromatic carbocycles. The highest BCUT2D eigenvalue weighted by molar-refractivity contribution is 5.79. The van der Waals surface area contributed by atoms with E-state index in [0.29, 0.717) is 0 Å². The summed E-state index contributed by atoms with van der Waals surface area (Å²) >= 11 is 0. The summed E-state index contributed by atoms with van der Waals surface area (Å²) in [7, 11) is 0. The Morgan fingerprint density at radius 2 is 2.08 bits per heavy atom. The molecule has 0 saturated heterocycles. The van der Waals surface area contributed by atoms with Gasteiger partial charge >= 0.3 is 0 Å². The molecule has 1 N–H and O–H groups in total. The van der Waals surface area contributed by atoms with Gasteiger partial charge in [0.25, 0.3) is 0 Å². The van der Waals surface area contributed by atoms with Gasteiger partial charge in [-0.1, -0.05) is 12.1 Å². The van der Waals surface area contributed by atoms with E-state index < -0.39 is 0 Å². The SMILES string of the molecule is CC(C)=NNc1cccc(C)c1. The van der Waals surface area contributed by atoms with Crippen LogP contribution in [0.1, 0.15) is 19.4 Å². The second-order valence-electron chi connectivity index (χ2n) is 3.04. The maximum Gasteiger partial charge on any atom is 0.0564 e. The lowest BCUT2D eigenvalue weighted by molar-refractivity contribution is 1.30. The molecule has 0 spiro atoms. The number of hydrazone groups is 1. The molecule has 2 heteroatoms. The Labute approximate surface area is 73.3 Å². The summed E-state index contributed by atoms with van der Waals surface area (Å²) in [4.78, 5) is 0. The highest BCUT2D eigenvalue weighted by atomic mass is 15.3. The van der Waals surface area contributed by atoms with E-state index in [0.717, 1.165) is 11.4 Å². The third kappa shape index (κ3) is 2.74. The summed E-state index contributed by atoms with van der Waals surface area (Å²) in [5, 5.41) is 4.10. The minimum atomic E-state index is 1.02. The van der Waals surface area contributed by atoms with Crippen molar-refractivity contribution in [3.05, 3.63) is 29.8 Å². The lowest BCUT2D eigenvalue weighted by Gasteiger charge is -2.01. The zero-order chi connectivity index (χ0) is 8.97. The van der Waals surface area contributed by atoms with Gasteiger partial charge < -0.3 is 0 Å². The number of hydrogen-bond donors (Lipinski definition) is 1. The maximum absolute atomic E-state index is 4.10. The standard InChI is InChI=1S/C10H14N2/c1-8(2)11-12-10-6-4-5-9(3)7-10/h4-7,12H,1-3H3. The Bertz CT molecular complexity index is 286. The molecule has 0 heterocycles. The molecule has 12 heavy (non-hydrogen) atoms. The zero-order valence-electron chi connectivity index (χ0n) is 7.76. The van der Waals surface area contributed by atoms with Crippen molar-refractivity contribution in [1.82, 2.24) is 0 Å². The summed E-state index contributed by atoms with van der Waals surface area (Å²) < 4.78 is 0. The van der Waals surface area contributed by atoms with Gasteiger partial charge in [0.1, 0.15) is 0 Å². The fourth-order valence-electron chi connectivity index (χ4n) is 0.891. The summed E-state index contributed by atoms with van der Waals surface area (Å²) in [5.41, 5.74) is 6.28. The van der Waals surface area contributed by atoms with Gasteiger partial charge in [-0.05, 0) is 38.5 Å². The van der Waals surface area contributed by atoms with Crippen LogP contribution in [0.25, 0.3) is 0 Å². The first kappa shape index (κ1) is 8.78. The second-order valence-corrected chi connectivity index (χ2v) is 3.04. The molecule has 0 amide bonds. The number of benzene rings is 1. The van der Waals surface area contributed by atoms with Crippen LogP contribution >= 0.6 is 0 Å². The average Bonchev–Trinajstić information content (AvgIpc) is 2.01. The van der Waals surface area contributed by atoms with E-state index in [4.69, 9.17) is 0 Å². The highest BCUT2D eigenvalue weighted by Gasteiger charge is 1.88. The van der Waals surface area contributed by atoms with Crippen LogP contribution in [0.15, 0.2) is 29.4 Å². The molecule has 1 rings (SSSR count). The zero-order valence-corrected chi connectivity index (χ0v) is 7.76. The largest absolute Gasteiger partial charge is 0.279 e. The summed E-state index contributed by atoms with van der Waals surface area (Å²) in [6, 6.07) is 8.14. The van der Waals surface area contributed by atoms with Crippen LogP contribution in [-0.2, 0) is 0 Å². The third-order valence-corrected chi connectivity index (χ3v) is 1.43. The smallest absolute Gasteiger partial charge is 0.0564 e. The van der Waals surface area contributed by atoms with Crippen molar-refractivity contribution in [3.63, 3.8) is 0 Å². The summed E-state index contributed by atoms with van der Waals surface area (Å²) in [6.07, 6.45) is 0. The molecular weight excluding hydrogens is 148 g/mol. The highest BCUT2D eigenvalue weighted by Crippen LogP contribution is 2.08. The van der Waals surface area contributed by atoms with Crippen LogP contribution in [0.5, 0.6) is 0 Å². The quantitative estimate of drug-likeness (QED) is 0.525. The van der Waals surface area contributed by atoms with E-state index in [1.54, 1.807) is 0 Å². The maximum atomic E-state index is 4.10. The molecular formula is C10H14N2. The Morgan fingerprint density at radius 1 is 1.33 bits per heavy atom. The molecule has 0 unspecified atom stereocenters. The normalized spacial score (nSPS) is 9.25. The number of rotatable bonds is 2. The van der Waals surface area contributed by atoms with Gasteiger partial charge in [-0.2, -0.15) is 5.10 Å². The predicted molar refractivity (Wildman–Crippen MR) is 53.6 cm³/mol. The lowest BCUT2D eigenvalue weighted by atomic mass is 10.2. The van der Waals surface area contributed by atoms with Gasteiger partial charge in [-0.3, -0.25) is 5.43 Å². The molecule has 0 aliphatic rings. The fourth-order valence-corrected chi connectivity index (χ4v) is 0.891. The Morgan fingerprint density at radius 3 is 2.67 bits per heavy atom. The van der Waals surface area contributed by atoms with Crippen LogP contribution in [0, 0.1) is 6.92 Å². The van der Waals surface area contributed by atoms with Crippen molar-refractivity contribution in [3.8, 4) is 0 Å². The van der Waals surface area contributed by atoms with Crippen molar-refractivity contribution in [2.45, 2.75) is 20.8 Å². The summed E-state index contributed by atoms with van der Waals surface area (Å²) in [5.74, 6) is 0. The fraction of sp³-hybridized carbons (Fsp3) is 0.300. The van der Waals surface area contributed by atoms with Crippen LogP contribution in [-0.4, -0.2) is 5.71 Å². The van der Waals surface area contributed by atoms with Gasteiger partial charge in [-0.25, -0.2) is 0 Å². The molecule has 0 radical (unpaired) electrons. The van der Waals surface area contributed by atoms with Gasteiger partial charge in [0.15, 0.2) is 0 Å². The van der Waals surface area contributed by atoms with Crippen molar-refractivity contribution < 1.29 is 0 Å². The first-order chi connectivity index (χ1) is 5.68. The minimum Gasteiger partial charge on any atom is -0.279 e. The van der Waals surface area contributed by atoms with Gasteiger partial charge in [0.05, 0.1) is 5.69 Å². The molecule has 0 aliphatic carbocycles. The lowest BCUT2D eigenvalue weighted by Crippen LogP contribution is -1.92. The molecule has 0 aromatic heterocycles. The molecule has 64 valence electrons. The molecule has 1 aromatic rings. The van der Waals surface area contributed by atoms with Crippen LogP contribution in [0.2, 0.25) is 0 Å². The van der Waals surface area contributed by atoms with E-state index in [1.807, 2.05) is 26.0 Å². The second kappa shape index (κ2) is 3.90. The van der Waals surface area contributed by atoms with Crippen LogP contribution in [0.3, 0.4) is 0 Å². The number of hydrogen-bond acceptors (Lipinski definition) is 2. The third-order valence-electron chi connectivity index (χ3n) is 1.43. The number of nitrogens with one attached hydrogen (secondary N) is 1. The predicted octanol–water partition coefficient (Wildman–Crippen LogP) is 2.80. The molecule has 2 nitrogen and oxygen atoms in total. The molecule has 0 atom stereocenters. The summed E-state index contributed by atoms with van der Waals surface area (Å²) in [6.45, 7) is 5.99. The monoisotopic (exact) mass is 162 g/mol. The van der Waals surface area contributed by atoms with Crippen molar-refractivity contribution in [1.29, 1.82) is 0 Å². The molecule has 0 bridgehead atoms. The van der Waals surface area contributed by atoms with Crippen molar-refractivity contribution in [2.75, 3.05) is 5.43 Å². The Balaban J connectivity index is 2.70. The molecule has 0 aliphatic heterocycles. The van der Waals surface area contributed by atoms with Crippen LogP contribution < -0.4 is 5.43 Å². The van der Waals surface area contributed by atoms with Gasteiger partial charge in [0, 0.05) is 5.71 Å². The first-order valence-corrected chi connectivity index (χ1v) is 4.02. The minimum absolute atomic E-state index is 1.02. The van der Waals surface area contributed by atoms with Crippen molar-refractivity contribution >= 4 is 11.4 Å². The molecule has 0 fully saturated rings. The van der Waals surface area contributed by atoms with Crippen LogP contribution in [0.4, 0.5) is 5.69 Å².